The minimum Gasteiger partial charge on any atom is -0.490 e. The van der Waals surface area contributed by atoms with E-state index in [9.17, 15) is 4.79 Å². The lowest BCUT2D eigenvalue weighted by Crippen LogP contribution is -2.22. The summed E-state index contributed by atoms with van der Waals surface area (Å²) in [6, 6.07) is 13.1. The number of ether oxygens (including phenoxy) is 2. The molecule has 0 aliphatic carbocycles. The number of benzene rings is 1. The van der Waals surface area contributed by atoms with Gasteiger partial charge in [0.1, 0.15) is 9.88 Å². The maximum Gasteiger partial charge on any atom is 0.263 e. The number of thiazole rings is 1. The van der Waals surface area contributed by atoms with Gasteiger partial charge in [0.05, 0.1) is 12.3 Å². The van der Waals surface area contributed by atoms with Crippen LogP contribution in [0.2, 0.25) is 0 Å². The molecular weight excluding hydrogens is 430 g/mol. The van der Waals surface area contributed by atoms with Gasteiger partial charge in [0.15, 0.2) is 11.5 Å². The third-order valence-corrected chi connectivity index (χ3v) is 6.27. The Bertz CT molecular complexity index is 1160. The van der Waals surface area contributed by atoms with Crippen LogP contribution in [0.5, 0.6) is 17.4 Å². The van der Waals surface area contributed by atoms with E-state index in [1.54, 1.807) is 23.6 Å². The summed E-state index contributed by atoms with van der Waals surface area (Å²) in [6.07, 6.45) is 1.69. The van der Waals surface area contributed by atoms with Gasteiger partial charge in [0, 0.05) is 29.8 Å². The Balaban J connectivity index is 1.37. The van der Waals surface area contributed by atoms with Gasteiger partial charge in [-0.15, -0.1) is 11.3 Å². The van der Waals surface area contributed by atoms with E-state index in [1.807, 2.05) is 61.0 Å². The molecule has 0 spiro atoms. The van der Waals surface area contributed by atoms with Crippen LogP contribution in [0.4, 0.5) is 0 Å². The van der Waals surface area contributed by atoms with Crippen molar-refractivity contribution in [1.29, 1.82) is 0 Å². The molecule has 0 fully saturated rings. The van der Waals surface area contributed by atoms with Crippen LogP contribution in [-0.4, -0.2) is 22.5 Å². The van der Waals surface area contributed by atoms with Gasteiger partial charge in [-0.25, -0.2) is 9.97 Å². The molecule has 3 heterocycles. The Hall–Kier alpha value is -3.23. The molecule has 4 rings (SSSR count). The molecule has 158 valence electrons. The van der Waals surface area contributed by atoms with E-state index in [0.717, 1.165) is 21.8 Å². The summed E-state index contributed by atoms with van der Waals surface area (Å²) >= 11 is 3.02. The lowest BCUT2D eigenvalue weighted by molar-refractivity contribution is 0.0954. The van der Waals surface area contributed by atoms with Crippen LogP contribution in [0, 0.1) is 6.92 Å². The molecule has 3 aromatic heterocycles. The van der Waals surface area contributed by atoms with E-state index >= 15 is 0 Å². The number of aryl methyl sites for hydroxylation is 1. The Labute approximate surface area is 188 Å². The number of nitrogens with one attached hydrogen (secondary N) is 1. The van der Waals surface area contributed by atoms with Crippen molar-refractivity contribution >= 4 is 28.6 Å². The molecule has 6 nitrogen and oxygen atoms in total. The molecule has 1 N–H and O–H groups in total. The predicted octanol–water partition coefficient (Wildman–Crippen LogP) is 5.70. The third kappa shape index (κ3) is 5.10. The molecule has 0 unspecified atom stereocenters. The van der Waals surface area contributed by atoms with Crippen LogP contribution in [0.1, 0.15) is 27.9 Å². The lowest BCUT2D eigenvalue weighted by Gasteiger charge is -2.11. The van der Waals surface area contributed by atoms with Crippen LogP contribution in [0.3, 0.4) is 0 Å². The molecule has 0 atom stereocenters. The van der Waals surface area contributed by atoms with Gasteiger partial charge in [-0.3, -0.25) is 4.79 Å². The highest BCUT2D eigenvalue weighted by Crippen LogP contribution is 2.31. The number of aromatic nitrogens is 2. The Morgan fingerprint density at radius 1 is 1.13 bits per heavy atom. The second kappa shape index (κ2) is 9.72. The SMILES string of the molecule is CCOc1ccccc1Oc1ccc(CNC(=O)c2sc(-c3ccsc3)nc2C)cn1. The molecule has 0 aliphatic heterocycles. The van der Waals surface area contributed by atoms with Gasteiger partial charge in [0.2, 0.25) is 5.88 Å². The van der Waals surface area contributed by atoms with Crippen molar-refractivity contribution in [3.8, 4) is 28.0 Å². The van der Waals surface area contributed by atoms with E-state index < -0.39 is 0 Å². The molecule has 0 saturated heterocycles. The molecule has 1 amide bonds. The van der Waals surface area contributed by atoms with Crippen LogP contribution >= 0.6 is 22.7 Å². The minimum atomic E-state index is -0.137. The van der Waals surface area contributed by atoms with Crippen LogP contribution in [0.25, 0.3) is 10.6 Å². The number of amides is 1. The molecule has 0 radical (unpaired) electrons. The molecule has 4 aromatic rings. The van der Waals surface area contributed by atoms with Crippen molar-refractivity contribution in [2.24, 2.45) is 0 Å². The van der Waals surface area contributed by atoms with Crippen molar-refractivity contribution in [3.05, 3.63) is 75.6 Å². The van der Waals surface area contributed by atoms with Gasteiger partial charge in [-0.1, -0.05) is 18.2 Å². The number of pyridine rings is 1. The fourth-order valence-electron chi connectivity index (χ4n) is 2.88. The zero-order valence-corrected chi connectivity index (χ0v) is 18.8. The van der Waals surface area contributed by atoms with Gasteiger partial charge in [0.25, 0.3) is 5.91 Å². The van der Waals surface area contributed by atoms with Crippen LogP contribution < -0.4 is 14.8 Å². The fourth-order valence-corrected chi connectivity index (χ4v) is 4.57. The van der Waals surface area contributed by atoms with Crippen molar-refractivity contribution in [1.82, 2.24) is 15.3 Å². The van der Waals surface area contributed by atoms with Gasteiger partial charge in [-0.2, -0.15) is 11.3 Å². The van der Waals surface area contributed by atoms with Gasteiger partial charge >= 0.3 is 0 Å². The zero-order chi connectivity index (χ0) is 21.6. The zero-order valence-electron chi connectivity index (χ0n) is 17.1. The van der Waals surface area contributed by atoms with Gasteiger partial charge in [-0.05, 0) is 43.0 Å². The number of hydrogen-bond acceptors (Lipinski definition) is 7. The number of nitrogens with zero attached hydrogens (tertiary/aromatic N) is 2. The number of carbonyl (C=O) groups is 1. The van der Waals surface area contributed by atoms with Crippen molar-refractivity contribution in [2.75, 3.05) is 6.61 Å². The molecule has 1 aromatic carbocycles. The number of hydrogen-bond donors (Lipinski definition) is 1. The fraction of sp³-hybridized carbons (Fsp3) is 0.174. The largest absolute Gasteiger partial charge is 0.490 e. The molecule has 31 heavy (non-hydrogen) atoms. The summed E-state index contributed by atoms with van der Waals surface area (Å²) in [7, 11) is 0. The van der Waals surface area contributed by atoms with Crippen LogP contribution in [0.15, 0.2) is 59.4 Å². The van der Waals surface area contributed by atoms with Crippen molar-refractivity contribution in [3.63, 3.8) is 0 Å². The highest BCUT2D eigenvalue weighted by molar-refractivity contribution is 7.17. The smallest absolute Gasteiger partial charge is 0.263 e. The first-order valence-electron chi connectivity index (χ1n) is 9.77. The first kappa shape index (κ1) is 21.0. The standard InChI is InChI=1S/C23H21N3O3S2/c1-3-28-18-6-4-5-7-19(18)29-20-9-8-16(12-24-20)13-25-22(27)21-15(2)26-23(31-21)17-10-11-30-14-17/h4-12,14H,3,13H2,1-2H3,(H,25,27). The van der Waals surface area contributed by atoms with E-state index in [4.69, 9.17) is 9.47 Å². The maximum atomic E-state index is 12.6. The number of para-hydroxylation sites is 2. The summed E-state index contributed by atoms with van der Waals surface area (Å²) in [6.45, 7) is 4.71. The summed E-state index contributed by atoms with van der Waals surface area (Å²) in [5.74, 6) is 1.60. The quantitative estimate of drug-likeness (QED) is 0.372. The lowest BCUT2D eigenvalue weighted by atomic mass is 10.2. The predicted molar refractivity (Wildman–Crippen MR) is 123 cm³/mol. The first-order chi connectivity index (χ1) is 15.1. The topological polar surface area (TPSA) is 73.3 Å². The molecule has 0 saturated carbocycles. The highest BCUT2D eigenvalue weighted by atomic mass is 32.1. The average Bonchev–Trinajstić information content (AvgIpc) is 3.44. The minimum absolute atomic E-state index is 0.137. The molecular formula is C23H21N3O3S2. The molecule has 0 bridgehead atoms. The van der Waals surface area contributed by atoms with Crippen molar-refractivity contribution in [2.45, 2.75) is 20.4 Å². The summed E-state index contributed by atoms with van der Waals surface area (Å²) < 4.78 is 11.4. The van der Waals surface area contributed by atoms with Gasteiger partial charge < -0.3 is 14.8 Å². The second-order valence-electron chi connectivity index (χ2n) is 6.61. The third-order valence-electron chi connectivity index (χ3n) is 4.39. The monoisotopic (exact) mass is 451 g/mol. The summed E-state index contributed by atoms with van der Waals surface area (Å²) in [5.41, 5.74) is 2.65. The van der Waals surface area contributed by atoms with Crippen molar-refractivity contribution < 1.29 is 14.3 Å². The molecule has 8 heteroatoms. The first-order valence-corrected chi connectivity index (χ1v) is 11.5. The highest BCUT2D eigenvalue weighted by Gasteiger charge is 2.16. The Morgan fingerprint density at radius 2 is 1.97 bits per heavy atom. The number of rotatable bonds is 8. The summed E-state index contributed by atoms with van der Waals surface area (Å²) in [4.78, 5) is 22.1. The maximum absolute atomic E-state index is 12.6. The Morgan fingerprint density at radius 3 is 2.68 bits per heavy atom. The summed E-state index contributed by atoms with van der Waals surface area (Å²) in [5, 5.41) is 7.83. The van der Waals surface area contributed by atoms with Crippen LogP contribution in [-0.2, 0) is 6.54 Å². The number of thiophene rings is 1. The second-order valence-corrected chi connectivity index (χ2v) is 8.39. The molecule has 0 aliphatic rings. The van der Waals surface area contributed by atoms with E-state index in [0.29, 0.717) is 35.4 Å². The average molecular weight is 452 g/mol. The normalized spacial score (nSPS) is 10.6. The van der Waals surface area contributed by atoms with E-state index in [1.165, 1.54) is 11.3 Å². The Kier molecular flexibility index (Phi) is 6.59. The van der Waals surface area contributed by atoms with E-state index in [-0.39, 0.29) is 5.91 Å². The number of carbonyl (C=O) groups excluding carboxylic acids is 1. The van der Waals surface area contributed by atoms with E-state index in [2.05, 4.69) is 15.3 Å².